The standard InChI is InChI=1S/C34H43F3N8O3S2/c1-5-25(43-12-14-44(15-13-43)50(4,46)47)21-45-26(19-38)16-28-22(2)23(6-7-30(28)45)20-42-10-8-24(9-11-42)39-31-29-17-27(18-34(35,36)37)49-32(29)41-33(40-31)48-3/h6-7,16-17,24-25H,5,8-15,18,20-21H2,1-4H3,(H,39,40,41)/t25-/m0/s1. The van der Waals surface area contributed by atoms with Crippen molar-refractivity contribution in [3.63, 3.8) is 0 Å². The minimum atomic E-state index is -4.30. The molecule has 1 atom stereocenters. The van der Waals surface area contributed by atoms with E-state index in [9.17, 15) is 26.9 Å². The summed E-state index contributed by atoms with van der Waals surface area (Å²) >= 11 is 1.01. The van der Waals surface area contributed by atoms with E-state index in [2.05, 4.69) is 61.7 Å². The number of rotatable bonds is 11. The molecule has 0 unspecified atom stereocenters. The van der Waals surface area contributed by atoms with Gasteiger partial charge < -0.3 is 14.6 Å². The number of piperazine rings is 1. The third-order valence-electron chi connectivity index (χ3n) is 10.0. The third kappa shape index (κ3) is 8.02. The topological polar surface area (TPSA) is 120 Å². The molecule has 5 heterocycles. The maximum absolute atomic E-state index is 13.1. The Labute approximate surface area is 294 Å². The summed E-state index contributed by atoms with van der Waals surface area (Å²) in [7, 11) is -1.76. The zero-order chi connectivity index (χ0) is 35.8. The van der Waals surface area contributed by atoms with Crippen LogP contribution in [0.25, 0.3) is 21.1 Å². The van der Waals surface area contributed by atoms with Crippen LogP contribution in [-0.4, -0.2) is 108 Å². The normalized spacial score (nSPS) is 18.1. The summed E-state index contributed by atoms with van der Waals surface area (Å²) in [4.78, 5) is 14.1. The number of hydrogen-bond acceptors (Lipinski definition) is 10. The molecule has 0 radical (unpaired) electrons. The van der Waals surface area contributed by atoms with Gasteiger partial charge in [0.15, 0.2) is 0 Å². The van der Waals surface area contributed by atoms with E-state index in [1.807, 2.05) is 6.07 Å². The molecule has 2 fully saturated rings. The number of thiophene rings is 1. The number of aromatic nitrogens is 3. The monoisotopic (exact) mass is 732 g/mol. The van der Waals surface area contributed by atoms with Gasteiger partial charge in [0.1, 0.15) is 22.4 Å². The summed E-state index contributed by atoms with van der Waals surface area (Å²) in [5.74, 6) is 0.496. The van der Waals surface area contributed by atoms with Crippen LogP contribution < -0.4 is 10.1 Å². The zero-order valence-electron chi connectivity index (χ0n) is 28.8. The van der Waals surface area contributed by atoms with Crippen molar-refractivity contribution in [3.8, 4) is 12.1 Å². The Morgan fingerprint density at radius 1 is 1.10 bits per heavy atom. The maximum atomic E-state index is 13.1. The minimum Gasteiger partial charge on any atom is -0.467 e. The summed E-state index contributed by atoms with van der Waals surface area (Å²) in [5, 5.41) is 15.2. The van der Waals surface area contributed by atoms with Gasteiger partial charge in [-0.1, -0.05) is 13.0 Å². The molecule has 2 aliphatic heterocycles. The first-order chi connectivity index (χ1) is 23.8. The van der Waals surface area contributed by atoms with E-state index < -0.39 is 22.6 Å². The number of halogens is 3. The van der Waals surface area contributed by atoms with E-state index in [0.717, 1.165) is 66.7 Å². The molecular weight excluding hydrogens is 690 g/mol. The molecule has 11 nitrogen and oxygen atoms in total. The molecule has 270 valence electrons. The number of likely N-dealkylation sites (tertiary alicyclic amines) is 1. The van der Waals surface area contributed by atoms with E-state index in [0.29, 0.717) is 54.5 Å². The van der Waals surface area contributed by atoms with Crippen LogP contribution in [0.3, 0.4) is 0 Å². The fraction of sp³-hybridized carbons (Fsp3) is 0.559. The molecule has 2 saturated heterocycles. The Morgan fingerprint density at radius 3 is 2.44 bits per heavy atom. The summed E-state index contributed by atoms with van der Waals surface area (Å²) in [5.41, 5.74) is 3.99. The number of nitrogens with zero attached hydrogens (tertiary/aromatic N) is 7. The summed E-state index contributed by atoms with van der Waals surface area (Å²) in [6.45, 7) is 9.60. The third-order valence-corrected chi connectivity index (χ3v) is 12.3. The fourth-order valence-electron chi connectivity index (χ4n) is 7.20. The molecule has 0 spiro atoms. The van der Waals surface area contributed by atoms with Crippen molar-refractivity contribution in [2.45, 2.75) is 70.9 Å². The maximum Gasteiger partial charge on any atom is 0.393 e. The molecule has 3 aromatic heterocycles. The van der Waals surface area contributed by atoms with Crippen LogP contribution in [-0.2, 0) is 29.5 Å². The molecule has 0 amide bonds. The van der Waals surface area contributed by atoms with Crippen LogP contribution in [0.15, 0.2) is 24.3 Å². The van der Waals surface area contributed by atoms with Crippen LogP contribution in [0.5, 0.6) is 6.01 Å². The number of aryl methyl sites for hydroxylation is 1. The van der Waals surface area contributed by atoms with Crippen molar-refractivity contribution >= 4 is 48.3 Å². The predicted molar refractivity (Wildman–Crippen MR) is 189 cm³/mol. The number of benzene rings is 1. The largest absolute Gasteiger partial charge is 0.467 e. The van der Waals surface area contributed by atoms with E-state index in [4.69, 9.17) is 4.74 Å². The number of sulfonamides is 1. The van der Waals surface area contributed by atoms with Crippen molar-refractivity contribution in [1.29, 1.82) is 5.26 Å². The zero-order valence-corrected chi connectivity index (χ0v) is 30.4. The van der Waals surface area contributed by atoms with Crippen LogP contribution in [0.4, 0.5) is 19.0 Å². The van der Waals surface area contributed by atoms with Gasteiger partial charge in [0.2, 0.25) is 10.0 Å². The molecule has 16 heteroatoms. The smallest absolute Gasteiger partial charge is 0.393 e. The first-order valence-corrected chi connectivity index (χ1v) is 19.5. The number of alkyl halides is 3. The van der Waals surface area contributed by atoms with Crippen LogP contribution in [0.2, 0.25) is 0 Å². The first kappa shape index (κ1) is 36.3. The van der Waals surface area contributed by atoms with Gasteiger partial charge in [0.25, 0.3) is 0 Å². The van der Waals surface area contributed by atoms with Crippen LogP contribution >= 0.6 is 11.3 Å². The molecule has 1 N–H and O–H groups in total. The van der Waals surface area contributed by atoms with E-state index in [1.54, 1.807) is 0 Å². The summed E-state index contributed by atoms with van der Waals surface area (Å²) < 4.78 is 72.1. The van der Waals surface area contributed by atoms with Gasteiger partial charge in [-0.15, -0.1) is 11.3 Å². The Bertz CT molecular complexity index is 1990. The Balaban J connectivity index is 1.11. The van der Waals surface area contributed by atoms with E-state index in [-0.39, 0.29) is 23.0 Å². The molecule has 1 aromatic carbocycles. The number of nitriles is 1. The van der Waals surface area contributed by atoms with Crippen molar-refractivity contribution in [2.75, 3.05) is 58.0 Å². The quantitative estimate of drug-likeness (QED) is 0.217. The number of fused-ring (bicyclic) bond motifs is 2. The van der Waals surface area contributed by atoms with Gasteiger partial charge >= 0.3 is 12.2 Å². The van der Waals surface area contributed by atoms with Gasteiger partial charge in [0, 0.05) is 80.2 Å². The number of piperidine rings is 1. The van der Waals surface area contributed by atoms with Crippen LogP contribution in [0, 0.1) is 18.3 Å². The second-order valence-electron chi connectivity index (χ2n) is 13.3. The van der Waals surface area contributed by atoms with Crippen molar-refractivity contribution in [3.05, 3.63) is 46.0 Å². The average Bonchev–Trinajstić information content (AvgIpc) is 3.65. The van der Waals surface area contributed by atoms with Gasteiger partial charge in [-0.05, 0) is 55.5 Å². The highest BCUT2D eigenvalue weighted by Crippen LogP contribution is 2.35. The van der Waals surface area contributed by atoms with Crippen molar-refractivity contribution < 1.29 is 26.3 Å². The SMILES string of the molecule is CC[C@@H](Cn1c(C#N)cc2c(C)c(CN3CCC(Nc4nc(OC)nc5sc(CC(F)(F)F)cc45)CC3)ccc21)N1CCN(S(C)(=O)=O)CC1. The van der Waals surface area contributed by atoms with Gasteiger partial charge in [-0.3, -0.25) is 9.80 Å². The molecule has 50 heavy (non-hydrogen) atoms. The minimum absolute atomic E-state index is 0.0941. The van der Waals surface area contributed by atoms with Gasteiger partial charge in [-0.25, -0.2) is 8.42 Å². The second-order valence-corrected chi connectivity index (χ2v) is 16.4. The number of anilines is 1. The number of ether oxygens (including phenoxy) is 1. The number of nitrogens with one attached hydrogen (secondary N) is 1. The molecular formula is C34H43F3N8O3S2. The van der Waals surface area contributed by atoms with Crippen molar-refractivity contribution in [1.82, 2.24) is 28.6 Å². The summed E-state index contributed by atoms with van der Waals surface area (Å²) in [6, 6.07) is 10.6. The Morgan fingerprint density at radius 2 is 1.82 bits per heavy atom. The van der Waals surface area contributed by atoms with Gasteiger partial charge in [0.05, 0.1) is 25.2 Å². The molecule has 2 aliphatic rings. The Hall–Kier alpha value is -3.49. The summed E-state index contributed by atoms with van der Waals surface area (Å²) in [6.07, 6.45) is -1.50. The van der Waals surface area contributed by atoms with Crippen molar-refractivity contribution in [2.24, 2.45) is 0 Å². The predicted octanol–water partition coefficient (Wildman–Crippen LogP) is 5.37. The molecule has 6 rings (SSSR count). The average molecular weight is 733 g/mol. The highest BCUT2D eigenvalue weighted by Gasteiger charge is 2.31. The molecule has 4 aromatic rings. The van der Waals surface area contributed by atoms with Crippen LogP contribution in [0.1, 0.15) is 47.9 Å². The number of methoxy groups -OCH3 is 1. The molecule has 0 aliphatic carbocycles. The second kappa shape index (κ2) is 14.6. The highest BCUT2D eigenvalue weighted by atomic mass is 32.2. The lowest BCUT2D eigenvalue weighted by atomic mass is 10.0. The van der Waals surface area contributed by atoms with E-state index >= 15 is 0 Å². The Kier molecular flexibility index (Phi) is 10.6. The lowest BCUT2D eigenvalue weighted by Gasteiger charge is -2.38. The number of hydrogen-bond donors (Lipinski definition) is 1. The fourth-order valence-corrected chi connectivity index (χ4v) is 9.08. The lowest BCUT2D eigenvalue weighted by molar-refractivity contribution is -0.126. The molecule has 0 bridgehead atoms. The lowest BCUT2D eigenvalue weighted by Crippen LogP contribution is -2.52. The highest BCUT2D eigenvalue weighted by molar-refractivity contribution is 7.88. The molecule has 0 saturated carbocycles. The first-order valence-electron chi connectivity index (χ1n) is 16.9. The van der Waals surface area contributed by atoms with E-state index in [1.165, 1.54) is 29.3 Å². The van der Waals surface area contributed by atoms with Gasteiger partial charge in [-0.2, -0.15) is 32.7 Å².